The van der Waals surface area contributed by atoms with Gasteiger partial charge in [0.15, 0.2) is 0 Å². The van der Waals surface area contributed by atoms with E-state index in [1.165, 1.54) is 24.9 Å². The molecule has 0 N–H and O–H groups in total. The van der Waals surface area contributed by atoms with Crippen molar-refractivity contribution >= 4 is 10.2 Å². The number of hydrogen-bond donors (Lipinski definition) is 0. The molecule has 0 amide bonds. The first-order valence-corrected chi connectivity index (χ1v) is 10.9. The topological polar surface area (TPSA) is 21.7 Å². The van der Waals surface area contributed by atoms with E-state index >= 15 is 0 Å². The summed E-state index contributed by atoms with van der Waals surface area (Å²) < 4.78 is 6.69. The number of hydroxylamine groups is 2. The first-order valence-electron chi connectivity index (χ1n) is 9.41. The van der Waals surface area contributed by atoms with E-state index in [0.717, 1.165) is 26.6 Å². The van der Waals surface area contributed by atoms with Gasteiger partial charge in [-0.25, -0.2) is 0 Å². The zero-order valence-electron chi connectivity index (χ0n) is 17.1. The summed E-state index contributed by atoms with van der Waals surface area (Å²) >= 11 is 1.29. The number of rotatable bonds is 5. The number of hydrogen-bond acceptors (Lipinski definition) is 3. The Morgan fingerprint density at radius 1 is 1.04 bits per heavy atom. The van der Waals surface area contributed by atoms with Crippen LogP contribution in [0.4, 0.5) is 0 Å². The third kappa shape index (κ3) is 4.43. The quantitative estimate of drug-likeness (QED) is 0.499. The van der Waals surface area contributed by atoms with Gasteiger partial charge in [-0.1, -0.05) is 0 Å². The second kappa shape index (κ2) is 8.69. The summed E-state index contributed by atoms with van der Waals surface area (Å²) in [5, 5.41) is 2.09. The van der Waals surface area contributed by atoms with Gasteiger partial charge in [0.05, 0.1) is 0 Å². The van der Waals surface area contributed by atoms with Crippen LogP contribution < -0.4 is 0 Å². The van der Waals surface area contributed by atoms with Gasteiger partial charge in [0.25, 0.3) is 0 Å². The Morgan fingerprint density at radius 2 is 1.61 bits per heavy atom. The van der Waals surface area contributed by atoms with Crippen molar-refractivity contribution in [2.45, 2.75) is 39.3 Å². The van der Waals surface area contributed by atoms with Gasteiger partial charge >= 0.3 is 179 Å². The van der Waals surface area contributed by atoms with Gasteiger partial charge in [0.1, 0.15) is 0 Å². The standard InChI is InChI=1S/C24H27NO2.W/c1-18(16-19-12-8-6-9-13-19)23-21(17-26-5)22(20-14-10-7-11-15-20)25(27-23)24(2,3)4;/h6-16,22H,1-5H3;/b18-16+;. The Morgan fingerprint density at radius 3 is 2.14 bits per heavy atom. The molecule has 0 aromatic heterocycles. The van der Waals surface area contributed by atoms with Crippen LogP contribution in [0.1, 0.15) is 44.9 Å². The average Bonchev–Trinajstić information content (AvgIpc) is 3.10. The molecule has 1 unspecified atom stereocenters. The van der Waals surface area contributed by atoms with E-state index in [9.17, 15) is 0 Å². The maximum atomic E-state index is 6.52. The molecule has 0 saturated heterocycles. The molecule has 0 spiro atoms. The predicted molar refractivity (Wildman–Crippen MR) is 111 cm³/mol. The van der Waals surface area contributed by atoms with Gasteiger partial charge < -0.3 is 0 Å². The minimum absolute atomic E-state index is 0.0113. The molecule has 1 aliphatic heterocycles. The summed E-state index contributed by atoms with van der Waals surface area (Å²) in [5.74, 6) is 0.888. The second-order valence-corrected chi connectivity index (χ2v) is 9.21. The van der Waals surface area contributed by atoms with E-state index < -0.39 is 0 Å². The molecule has 2 aromatic rings. The zero-order chi connectivity index (χ0) is 20.3. The van der Waals surface area contributed by atoms with Crippen LogP contribution in [0.3, 0.4) is 0 Å². The number of nitrogens with zero attached hydrogens (tertiary/aromatic N) is 1. The van der Waals surface area contributed by atoms with Crippen LogP contribution in [0.5, 0.6) is 0 Å². The van der Waals surface area contributed by atoms with Crippen molar-refractivity contribution in [2.24, 2.45) is 0 Å². The van der Waals surface area contributed by atoms with Gasteiger partial charge in [0, 0.05) is 0 Å². The summed E-state index contributed by atoms with van der Waals surface area (Å²) in [6, 6.07) is 20.8. The number of allylic oxidation sites excluding steroid dienone is 1. The van der Waals surface area contributed by atoms with Crippen molar-refractivity contribution in [3.63, 3.8) is 0 Å². The third-order valence-corrected chi connectivity index (χ3v) is 6.05. The third-order valence-electron chi connectivity index (χ3n) is 4.66. The summed E-state index contributed by atoms with van der Waals surface area (Å²) in [4.78, 5) is 6.52. The van der Waals surface area contributed by atoms with Crippen molar-refractivity contribution in [2.75, 3.05) is 7.11 Å². The molecule has 3 rings (SSSR count). The first kappa shape index (κ1) is 20.9. The van der Waals surface area contributed by atoms with Crippen molar-refractivity contribution in [1.82, 2.24) is 5.06 Å². The molecule has 0 saturated carbocycles. The van der Waals surface area contributed by atoms with Crippen LogP contribution in [0, 0.1) is 0 Å². The van der Waals surface area contributed by atoms with Crippen LogP contribution in [0.25, 0.3) is 6.08 Å². The molecule has 146 valence electrons. The molecule has 2 aromatic carbocycles. The molecular formula is C24H27NO2W. The molecule has 28 heavy (non-hydrogen) atoms. The van der Waals surface area contributed by atoms with Gasteiger partial charge in [-0.3, -0.25) is 0 Å². The summed E-state index contributed by atoms with van der Waals surface area (Å²) in [5.41, 5.74) is 4.38. The average molecular weight is 545 g/mol. The van der Waals surface area contributed by atoms with Gasteiger partial charge in [0.2, 0.25) is 0 Å². The summed E-state index contributed by atoms with van der Waals surface area (Å²) in [7, 11) is 1.74. The molecule has 4 heteroatoms. The molecule has 0 radical (unpaired) electrons. The van der Waals surface area contributed by atoms with Crippen LogP contribution in [-0.2, 0) is 28.9 Å². The summed E-state index contributed by atoms with van der Waals surface area (Å²) in [6.07, 6.45) is 2.17. The minimum atomic E-state index is -0.177. The number of benzene rings is 2. The fourth-order valence-corrected chi connectivity index (χ4v) is 4.10. The van der Waals surface area contributed by atoms with Crippen LogP contribution in [-0.4, -0.2) is 21.8 Å². The Bertz CT molecular complexity index is 895. The molecule has 0 fully saturated rings. The molecule has 0 bridgehead atoms. The Labute approximate surface area is 179 Å². The van der Waals surface area contributed by atoms with E-state index in [0.29, 0.717) is 0 Å². The molecular weight excluding hydrogens is 518 g/mol. The monoisotopic (exact) mass is 545 g/mol. The van der Waals surface area contributed by atoms with Crippen molar-refractivity contribution in [3.05, 3.63) is 88.7 Å². The molecule has 1 aliphatic rings. The first-order chi connectivity index (χ1) is 13.3. The van der Waals surface area contributed by atoms with E-state index in [-0.39, 0.29) is 11.6 Å². The maximum absolute atomic E-state index is 6.52. The van der Waals surface area contributed by atoms with Crippen LogP contribution in [0.15, 0.2) is 77.6 Å². The van der Waals surface area contributed by atoms with Crippen molar-refractivity contribution in [1.29, 1.82) is 0 Å². The van der Waals surface area contributed by atoms with E-state index in [2.05, 4.69) is 87.4 Å². The Kier molecular flexibility index (Phi) is 6.50. The van der Waals surface area contributed by atoms with E-state index in [4.69, 9.17) is 9.57 Å². The fraction of sp³-hybridized carbons (Fsp3) is 0.292. The molecule has 1 atom stereocenters. The predicted octanol–water partition coefficient (Wildman–Crippen LogP) is 5.45. The van der Waals surface area contributed by atoms with Crippen LogP contribution >= 0.6 is 0 Å². The molecule has 1 heterocycles. The fourth-order valence-electron chi connectivity index (χ4n) is 3.37. The zero-order valence-corrected chi connectivity index (χ0v) is 20.0. The van der Waals surface area contributed by atoms with E-state index in [1.54, 1.807) is 7.11 Å². The summed E-state index contributed by atoms with van der Waals surface area (Å²) in [6.45, 7) is 8.63. The Hall–Kier alpha value is -1.80. The number of ether oxygens (including phenoxy) is 1. The van der Waals surface area contributed by atoms with Crippen LogP contribution in [0.2, 0.25) is 0 Å². The molecule has 3 nitrogen and oxygen atoms in total. The van der Waals surface area contributed by atoms with Gasteiger partial charge in [-0.15, -0.1) is 0 Å². The Balaban J connectivity index is 2.16. The van der Waals surface area contributed by atoms with Gasteiger partial charge in [-0.2, -0.15) is 0 Å². The van der Waals surface area contributed by atoms with Crippen molar-refractivity contribution < 1.29 is 28.9 Å². The normalized spacial score (nSPS) is 18.3. The second-order valence-electron chi connectivity index (χ2n) is 7.87. The van der Waals surface area contributed by atoms with Crippen molar-refractivity contribution in [3.8, 4) is 0 Å². The molecule has 0 aliphatic carbocycles. The number of methoxy groups -OCH3 is 1. The van der Waals surface area contributed by atoms with E-state index in [1.807, 2.05) is 12.1 Å². The van der Waals surface area contributed by atoms with Gasteiger partial charge in [-0.05, 0) is 0 Å². The SMILES string of the molecule is CO[C](=[W])C1=C(/C(C)=C/c2ccccc2)ON(C(C)(C)C)C1c1ccccc1.